The monoisotopic (exact) mass is 269 g/mol. The van der Waals surface area contributed by atoms with Gasteiger partial charge in [-0.2, -0.15) is 0 Å². The van der Waals surface area contributed by atoms with Crippen molar-refractivity contribution in [2.24, 2.45) is 11.8 Å². The maximum absolute atomic E-state index is 12.1. The van der Waals surface area contributed by atoms with E-state index in [4.69, 9.17) is 5.11 Å². The lowest BCUT2D eigenvalue weighted by Crippen LogP contribution is -2.46. The van der Waals surface area contributed by atoms with Crippen molar-refractivity contribution in [1.82, 2.24) is 5.32 Å². The van der Waals surface area contributed by atoms with Gasteiger partial charge < -0.3 is 15.5 Å². The van der Waals surface area contributed by atoms with Gasteiger partial charge in [0.05, 0.1) is 17.4 Å². The van der Waals surface area contributed by atoms with Gasteiger partial charge in [-0.3, -0.25) is 9.59 Å². The third-order valence-corrected chi connectivity index (χ3v) is 4.55. The van der Waals surface area contributed by atoms with Gasteiger partial charge in [0, 0.05) is 6.54 Å². The summed E-state index contributed by atoms with van der Waals surface area (Å²) in [7, 11) is 0. The molecule has 0 bridgehead atoms. The van der Waals surface area contributed by atoms with Crippen molar-refractivity contribution in [3.8, 4) is 0 Å². The maximum Gasteiger partial charge on any atom is 0.307 e. The number of nitrogens with one attached hydrogen (secondary N) is 1. The third-order valence-electron chi connectivity index (χ3n) is 4.55. The van der Waals surface area contributed by atoms with Gasteiger partial charge in [0.25, 0.3) is 0 Å². The SMILES string of the molecule is O=C(O)[C@H]1CCC[C@H]1C(=O)NCC1(O)CCCCC1. The average molecular weight is 269 g/mol. The molecule has 0 spiro atoms. The summed E-state index contributed by atoms with van der Waals surface area (Å²) in [6.45, 7) is 0.259. The van der Waals surface area contributed by atoms with Crippen LogP contribution in [0.4, 0.5) is 0 Å². The topological polar surface area (TPSA) is 86.6 Å². The highest BCUT2D eigenvalue weighted by Gasteiger charge is 2.38. The maximum atomic E-state index is 12.1. The third kappa shape index (κ3) is 3.47. The van der Waals surface area contributed by atoms with E-state index in [1.165, 1.54) is 0 Å². The number of hydrogen-bond acceptors (Lipinski definition) is 3. The molecule has 2 rings (SSSR count). The highest BCUT2D eigenvalue weighted by atomic mass is 16.4. The van der Waals surface area contributed by atoms with Gasteiger partial charge in [0.1, 0.15) is 0 Å². The Morgan fingerprint density at radius 3 is 2.32 bits per heavy atom. The Bertz CT molecular complexity index is 349. The molecule has 5 heteroatoms. The molecule has 0 aromatic rings. The second-order valence-electron chi connectivity index (χ2n) is 5.98. The molecule has 2 saturated carbocycles. The first kappa shape index (κ1) is 14.3. The Hall–Kier alpha value is -1.10. The van der Waals surface area contributed by atoms with Gasteiger partial charge in [-0.1, -0.05) is 25.7 Å². The number of carboxylic acids is 1. The number of hydrogen-bond donors (Lipinski definition) is 3. The van der Waals surface area contributed by atoms with E-state index in [2.05, 4.69) is 5.32 Å². The summed E-state index contributed by atoms with van der Waals surface area (Å²) >= 11 is 0. The van der Waals surface area contributed by atoms with Crippen LogP contribution in [0.1, 0.15) is 51.4 Å². The summed E-state index contributed by atoms with van der Waals surface area (Å²) in [6.07, 6.45) is 6.58. The van der Waals surface area contributed by atoms with E-state index in [1.807, 2.05) is 0 Å². The second kappa shape index (κ2) is 5.90. The Morgan fingerprint density at radius 1 is 1.05 bits per heavy atom. The number of rotatable bonds is 4. The second-order valence-corrected chi connectivity index (χ2v) is 5.98. The molecule has 1 amide bonds. The van der Waals surface area contributed by atoms with Gasteiger partial charge in [0.2, 0.25) is 5.91 Å². The quantitative estimate of drug-likeness (QED) is 0.718. The highest BCUT2D eigenvalue weighted by Crippen LogP contribution is 2.32. The lowest BCUT2D eigenvalue weighted by Gasteiger charge is -2.32. The number of amides is 1. The first-order chi connectivity index (χ1) is 9.02. The van der Waals surface area contributed by atoms with Gasteiger partial charge in [0.15, 0.2) is 0 Å². The Morgan fingerprint density at radius 2 is 1.68 bits per heavy atom. The van der Waals surface area contributed by atoms with Crippen LogP contribution in [0.25, 0.3) is 0 Å². The largest absolute Gasteiger partial charge is 0.481 e. The fourth-order valence-electron chi connectivity index (χ4n) is 3.34. The van der Waals surface area contributed by atoms with Crippen LogP contribution in [-0.2, 0) is 9.59 Å². The number of carbonyl (C=O) groups excluding carboxylic acids is 1. The first-order valence-corrected chi connectivity index (χ1v) is 7.25. The van der Waals surface area contributed by atoms with Crippen LogP contribution >= 0.6 is 0 Å². The molecule has 0 aromatic heterocycles. The van der Waals surface area contributed by atoms with Crippen molar-refractivity contribution in [3.05, 3.63) is 0 Å². The van der Waals surface area contributed by atoms with Gasteiger partial charge in [-0.25, -0.2) is 0 Å². The van der Waals surface area contributed by atoms with Crippen molar-refractivity contribution in [2.75, 3.05) is 6.54 Å². The van der Waals surface area contributed by atoms with E-state index in [9.17, 15) is 14.7 Å². The van der Waals surface area contributed by atoms with Crippen LogP contribution in [-0.4, -0.2) is 34.2 Å². The summed E-state index contributed by atoms with van der Waals surface area (Å²) in [4.78, 5) is 23.1. The lowest BCUT2D eigenvalue weighted by atomic mass is 9.84. The predicted molar refractivity (Wildman–Crippen MR) is 69.5 cm³/mol. The molecule has 0 aliphatic heterocycles. The molecule has 3 N–H and O–H groups in total. The Balaban J connectivity index is 1.85. The minimum atomic E-state index is -0.881. The Labute approximate surface area is 113 Å². The van der Waals surface area contributed by atoms with E-state index in [0.29, 0.717) is 12.8 Å². The van der Waals surface area contributed by atoms with E-state index >= 15 is 0 Å². The number of aliphatic hydroxyl groups is 1. The summed E-state index contributed by atoms with van der Waals surface area (Å²) in [5.74, 6) is -2.07. The van der Waals surface area contributed by atoms with Crippen molar-refractivity contribution in [2.45, 2.75) is 57.0 Å². The molecule has 2 aliphatic carbocycles. The molecule has 0 heterocycles. The molecule has 2 aliphatic rings. The van der Waals surface area contributed by atoms with Gasteiger partial charge >= 0.3 is 5.97 Å². The molecule has 19 heavy (non-hydrogen) atoms. The van der Waals surface area contributed by atoms with Crippen LogP contribution < -0.4 is 5.32 Å². The summed E-state index contributed by atoms with van der Waals surface area (Å²) < 4.78 is 0. The molecule has 2 atom stereocenters. The van der Waals surface area contributed by atoms with Crippen LogP contribution in [0.5, 0.6) is 0 Å². The number of carbonyl (C=O) groups is 2. The van der Waals surface area contributed by atoms with E-state index < -0.39 is 23.4 Å². The average Bonchev–Trinajstić information content (AvgIpc) is 2.86. The molecule has 0 aromatic carbocycles. The van der Waals surface area contributed by atoms with Crippen LogP contribution in [0.3, 0.4) is 0 Å². The molecular weight excluding hydrogens is 246 g/mol. The zero-order chi connectivity index (χ0) is 13.9. The summed E-state index contributed by atoms with van der Waals surface area (Å²) in [5.41, 5.74) is -0.786. The Kier molecular flexibility index (Phi) is 4.45. The van der Waals surface area contributed by atoms with E-state index in [-0.39, 0.29) is 12.5 Å². The molecule has 5 nitrogen and oxygen atoms in total. The predicted octanol–water partition coefficient (Wildman–Crippen LogP) is 1.30. The smallest absolute Gasteiger partial charge is 0.307 e. The number of carboxylic acid groups (broad SMARTS) is 1. The normalized spacial score (nSPS) is 29.9. The van der Waals surface area contributed by atoms with Gasteiger partial charge in [-0.15, -0.1) is 0 Å². The van der Waals surface area contributed by atoms with Crippen LogP contribution in [0.2, 0.25) is 0 Å². The molecule has 0 unspecified atom stereocenters. The first-order valence-electron chi connectivity index (χ1n) is 7.25. The molecule has 0 radical (unpaired) electrons. The van der Waals surface area contributed by atoms with Crippen LogP contribution in [0.15, 0.2) is 0 Å². The van der Waals surface area contributed by atoms with Crippen LogP contribution in [0, 0.1) is 11.8 Å². The lowest BCUT2D eigenvalue weighted by molar-refractivity contribution is -0.146. The molecular formula is C14H23NO4. The summed E-state index contributed by atoms with van der Waals surface area (Å²) in [5, 5.41) is 22.1. The molecule has 108 valence electrons. The zero-order valence-corrected chi connectivity index (χ0v) is 11.2. The fourth-order valence-corrected chi connectivity index (χ4v) is 3.34. The number of aliphatic carboxylic acids is 1. The fraction of sp³-hybridized carbons (Fsp3) is 0.857. The minimum Gasteiger partial charge on any atom is -0.481 e. The zero-order valence-electron chi connectivity index (χ0n) is 11.2. The van der Waals surface area contributed by atoms with Crippen molar-refractivity contribution >= 4 is 11.9 Å². The van der Waals surface area contributed by atoms with Crippen molar-refractivity contribution < 1.29 is 19.8 Å². The standard InChI is InChI=1S/C14H23NO4/c16-12(10-5-4-6-11(10)13(17)18)15-9-14(19)7-2-1-3-8-14/h10-11,19H,1-9H2,(H,15,16)(H,17,18)/t10-,11+/m1/s1. The molecule has 0 saturated heterocycles. The minimum absolute atomic E-state index is 0.205. The molecule has 2 fully saturated rings. The van der Waals surface area contributed by atoms with E-state index in [1.54, 1.807) is 0 Å². The van der Waals surface area contributed by atoms with Gasteiger partial charge in [-0.05, 0) is 25.7 Å². The van der Waals surface area contributed by atoms with E-state index in [0.717, 1.165) is 38.5 Å². The highest BCUT2D eigenvalue weighted by molar-refractivity contribution is 5.85. The van der Waals surface area contributed by atoms with Crippen molar-refractivity contribution in [1.29, 1.82) is 0 Å². The van der Waals surface area contributed by atoms with Crippen molar-refractivity contribution in [3.63, 3.8) is 0 Å². The summed E-state index contributed by atoms with van der Waals surface area (Å²) in [6, 6.07) is 0.